The molecule has 0 N–H and O–H groups in total. The Hall–Kier alpha value is -0.610. The van der Waals surface area contributed by atoms with E-state index in [1.165, 1.54) is 0 Å². The van der Waals surface area contributed by atoms with E-state index in [1.807, 2.05) is 11.5 Å². The van der Waals surface area contributed by atoms with Crippen LogP contribution in [0.5, 0.6) is 0 Å². The largest absolute Gasteiger partial charge is 0.385 e. The lowest BCUT2D eigenvalue weighted by Gasteiger charge is -2.15. The normalized spacial score (nSPS) is 13.1. The number of nitrogens with zero attached hydrogens (tertiary/aromatic N) is 3. The van der Waals surface area contributed by atoms with Crippen molar-refractivity contribution in [2.45, 2.75) is 32.7 Å². The highest BCUT2D eigenvalue weighted by molar-refractivity contribution is 6.28. The molecule has 0 spiro atoms. The van der Waals surface area contributed by atoms with E-state index in [2.05, 4.69) is 17.1 Å². The minimum absolute atomic E-state index is 0.285. The van der Waals surface area contributed by atoms with Crippen LogP contribution in [-0.4, -0.2) is 28.5 Å². The Labute approximate surface area is 89.2 Å². The molecule has 0 aromatic carbocycles. The van der Waals surface area contributed by atoms with Gasteiger partial charge in [-0.15, -0.1) is 10.2 Å². The quantitative estimate of drug-likeness (QED) is 0.758. The zero-order valence-electron chi connectivity index (χ0n) is 8.83. The Morgan fingerprint density at radius 1 is 1.50 bits per heavy atom. The number of rotatable bonds is 5. The van der Waals surface area contributed by atoms with Crippen molar-refractivity contribution in [3.05, 3.63) is 11.1 Å². The van der Waals surface area contributed by atoms with Gasteiger partial charge in [-0.2, -0.15) is 0 Å². The van der Waals surface area contributed by atoms with Gasteiger partial charge in [-0.3, -0.25) is 4.57 Å². The molecule has 80 valence electrons. The Balaban J connectivity index is 2.76. The molecule has 0 radical (unpaired) electrons. The van der Waals surface area contributed by atoms with Crippen molar-refractivity contribution in [3.63, 3.8) is 0 Å². The van der Waals surface area contributed by atoms with Crippen LogP contribution in [0, 0.1) is 0 Å². The SMILES string of the molecule is CCc1nnc(Cl)n1C(C)CCOC. The topological polar surface area (TPSA) is 39.9 Å². The summed E-state index contributed by atoms with van der Waals surface area (Å²) in [6.07, 6.45) is 1.76. The number of methoxy groups -OCH3 is 1. The summed E-state index contributed by atoms with van der Waals surface area (Å²) in [5.74, 6) is 0.929. The van der Waals surface area contributed by atoms with Crippen molar-refractivity contribution in [1.29, 1.82) is 0 Å². The molecular weight excluding hydrogens is 202 g/mol. The standard InChI is InChI=1S/C9H16ClN3O/c1-4-8-11-12-9(10)13(8)7(2)5-6-14-3/h7H,4-6H2,1-3H3. The maximum atomic E-state index is 5.95. The van der Waals surface area contributed by atoms with Gasteiger partial charge in [0.1, 0.15) is 5.82 Å². The lowest BCUT2D eigenvalue weighted by atomic mass is 10.2. The molecule has 0 aliphatic rings. The number of ether oxygens (including phenoxy) is 1. The third-order valence-electron chi connectivity index (χ3n) is 2.22. The summed E-state index contributed by atoms with van der Waals surface area (Å²) >= 11 is 5.95. The van der Waals surface area contributed by atoms with E-state index in [1.54, 1.807) is 7.11 Å². The van der Waals surface area contributed by atoms with Crippen molar-refractivity contribution in [2.24, 2.45) is 0 Å². The van der Waals surface area contributed by atoms with Crippen molar-refractivity contribution < 1.29 is 4.74 Å². The molecule has 4 nitrogen and oxygen atoms in total. The molecule has 1 aromatic rings. The Kier molecular flexibility index (Phi) is 4.35. The van der Waals surface area contributed by atoms with Gasteiger partial charge in [-0.05, 0) is 24.9 Å². The first-order valence-corrected chi connectivity index (χ1v) is 5.16. The van der Waals surface area contributed by atoms with Crippen LogP contribution in [0.3, 0.4) is 0 Å². The summed E-state index contributed by atoms with van der Waals surface area (Å²) in [6.45, 7) is 4.85. The molecule has 0 saturated heterocycles. The maximum absolute atomic E-state index is 5.95. The zero-order valence-corrected chi connectivity index (χ0v) is 9.58. The van der Waals surface area contributed by atoms with Crippen LogP contribution in [0.15, 0.2) is 0 Å². The van der Waals surface area contributed by atoms with E-state index in [0.717, 1.165) is 25.3 Å². The van der Waals surface area contributed by atoms with Gasteiger partial charge < -0.3 is 4.74 Å². The molecule has 5 heteroatoms. The molecule has 1 rings (SSSR count). The fraction of sp³-hybridized carbons (Fsp3) is 0.778. The average molecular weight is 218 g/mol. The highest BCUT2D eigenvalue weighted by Gasteiger charge is 2.14. The van der Waals surface area contributed by atoms with Crippen molar-refractivity contribution in [3.8, 4) is 0 Å². The first-order chi connectivity index (χ1) is 6.70. The summed E-state index contributed by atoms with van der Waals surface area (Å²) in [4.78, 5) is 0. The van der Waals surface area contributed by atoms with E-state index >= 15 is 0 Å². The van der Waals surface area contributed by atoms with E-state index in [-0.39, 0.29) is 6.04 Å². The highest BCUT2D eigenvalue weighted by Crippen LogP contribution is 2.19. The molecule has 0 amide bonds. The molecule has 1 atom stereocenters. The van der Waals surface area contributed by atoms with Gasteiger partial charge in [0.05, 0.1) is 0 Å². The minimum Gasteiger partial charge on any atom is -0.385 e. The lowest BCUT2D eigenvalue weighted by molar-refractivity contribution is 0.180. The van der Waals surface area contributed by atoms with E-state index in [9.17, 15) is 0 Å². The summed E-state index contributed by atoms with van der Waals surface area (Å²) in [6, 6.07) is 0.285. The number of hydrogen-bond donors (Lipinski definition) is 0. The first-order valence-electron chi connectivity index (χ1n) is 4.78. The van der Waals surface area contributed by atoms with Gasteiger partial charge in [0.2, 0.25) is 5.28 Å². The van der Waals surface area contributed by atoms with Crippen LogP contribution in [0.25, 0.3) is 0 Å². The predicted molar refractivity (Wildman–Crippen MR) is 55.6 cm³/mol. The van der Waals surface area contributed by atoms with E-state index in [0.29, 0.717) is 5.28 Å². The fourth-order valence-electron chi connectivity index (χ4n) is 1.40. The van der Waals surface area contributed by atoms with Gasteiger partial charge in [-0.1, -0.05) is 6.92 Å². The van der Waals surface area contributed by atoms with E-state index in [4.69, 9.17) is 16.3 Å². The number of hydrogen-bond acceptors (Lipinski definition) is 3. The molecule has 0 saturated carbocycles. The molecule has 0 aliphatic carbocycles. The number of aryl methyl sites for hydroxylation is 1. The molecule has 0 bridgehead atoms. The molecule has 1 unspecified atom stereocenters. The second-order valence-corrected chi connectivity index (χ2v) is 3.58. The summed E-state index contributed by atoms with van der Waals surface area (Å²) in [5, 5.41) is 8.32. The van der Waals surface area contributed by atoms with Crippen LogP contribution in [0.4, 0.5) is 0 Å². The smallest absolute Gasteiger partial charge is 0.225 e. The summed E-state index contributed by atoms with van der Waals surface area (Å²) in [7, 11) is 1.70. The van der Waals surface area contributed by atoms with Gasteiger partial charge >= 0.3 is 0 Å². The first kappa shape index (κ1) is 11.5. The van der Waals surface area contributed by atoms with E-state index < -0.39 is 0 Å². The molecule has 14 heavy (non-hydrogen) atoms. The number of aromatic nitrogens is 3. The zero-order chi connectivity index (χ0) is 10.6. The lowest BCUT2D eigenvalue weighted by Crippen LogP contribution is -2.11. The minimum atomic E-state index is 0.285. The fourth-order valence-corrected chi connectivity index (χ4v) is 1.70. The van der Waals surface area contributed by atoms with Crippen LogP contribution < -0.4 is 0 Å². The van der Waals surface area contributed by atoms with Crippen molar-refractivity contribution in [1.82, 2.24) is 14.8 Å². The number of halogens is 1. The molecule has 1 heterocycles. The molecule has 0 aliphatic heterocycles. The van der Waals surface area contributed by atoms with Gasteiger partial charge in [0.15, 0.2) is 0 Å². The summed E-state index contributed by atoms with van der Waals surface area (Å²) < 4.78 is 6.99. The molecule has 0 fully saturated rings. The average Bonchev–Trinajstić information content (AvgIpc) is 2.56. The third-order valence-corrected chi connectivity index (χ3v) is 2.48. The van der Waals surface area contributed by atoms with Crippen molar-refractivity contribution in [2.75, 3.05) is 13.7 Å². The van der Waals surface area contributed by atoms with Crippen LogP contribution in [-0.2, 0) is 11.2 Å². The molecular formula is C9H16ClN3O. The van der Waals surface area contributed by atoms with Crippen molar-refractivity contribution >= 4 is 11.6 Å². The van der Waals surface area contributed by atoms with Gasteiger partial charge in [-0.25, -0.2) is 0 Å². The highest BCUT2D eigenvalue weighted by atomic mass is 35.5. The van der Waals surface area contributed by atoms with Gasteiger partial charge in [0, 0.05) is 26.2 Å². The van der Waals surface area contributed by atoms with Crippen LogP contribution in [0.2, 0.25) is 5.28 Å². The monoisotopic (exact) mass is 217 g/mol. The second-order valence-electron chi connectivity index (χ2n) is 3.24. The van der Waals surface area contributed by atoms with Gasteiger partial charge in [0.25, 0.3) is 0 Å². The Morgan fingerprint density at radius 2 is 2.21 bits per heavy atom. The van der Waals surface area contributed by atoms with Crippen LogP contribution in [0.1, 0.15) is 32.1 Å². The predicted octanol–water partition coefficient (Wildman–Crippen LogP) is 2.09. The van der Waals surface area contributed by atoms with Crippen LogP contribution >= 0.6 is 11.6 Å². The Bertz CT molecular complexity index is 288. The maximum Gasteiger partial charge on any atom is 0.225 e. The second kappa shape index (κ2) is 5.32. The summed E-state index contributed by atoms with van der Waals surface area (Å²) in [5.41, 5.74) is 0. The Morgan fingerprint density at radius 3 is 2.79 bits per heavy atom. The third kappa shape index (κ3) is 2.45. The molecule has 1 aromatic heterocycles.